The third-order valence-corrected chi connectivity index (χ3v) is 4.82. The Labute approximate surface area is 241 Å². The van der Waals surface area contributed by atoms with Crippen LogP contribution in [0.2, 0.25) is 0 Å². The molecular weight excluding hydrogens is 459 g/mol. The van der Waals surface area contributed by atoms with Crippen molar-refractivity contribution >= 4 is 11.7 Å². The molecule has 3 aromatic carbocycles. The van der Waals surface area contributed by atoms with E-state index in [4.69, 9.17) is 19.6 Å². The fourth-order valence-corrected chi connectivity index (χ4v) is 3.10. The van der Waals surface area contributed by atoms with Gasteiger partial charge in [-0.1, -0.05) is 59.8 Å². The molecule has 168 valence electrons. The van der Waals surface area contributed by atoms with Gasteiger partial charge in [-0.15, -0.1) is 0 Å². The van der Waals surface area contributed by atoms with Crippen molar-refractivity contribution in [3.63, 3.8) is 0 Å². The Morgan fingerprint density at radius 2 is 1.59 bits per heavy atom. The molecule has 0 bridgehead atoms. The quantitative estimate of drug-likeness (QED) is 0.223. The van der Waals surface area contributed by atoms with Crippen LogP contribution in [0.25, 0.3) is 0 Å². The number of hydrogen-bond donors (Lipinski definition) is 0. The number of nitriles is 1. The smallest absolute Gasteiger partial charge is 0.550 e. The molecule has 0 amide bonds. The second kappa shape index (κ2) is 14.6. The Bertz CT molecular complexity index is 1110. The molecule has 0 saturated heterocycles. The van der Waals surface area contributed by atoms with E-state index in [1.54, 1.807) is 24.3 Å². The minimum atomic E-state index is -1.25. The van der Waals surface area contributed by atoms with Crippen LogP contribution in [0.15, 0.2) is 84.0 Å². The van der Waals surface area contributed by atoms with Crippen LogP contribution in [0, 0.1) is 11.3 Å². The maximum absolute atomic E-state index is 10.8. The maximum Gasteiger partial charge on any atom is 1.00 e. The van der Waals surface area contributed by atoms with Gasteiger partial charge in [-0.3, -0.25) is 0 Å². The minimum Gasteiger partial charge on any atom is -0.550 e. The molecule has 0 aliphatic carbocycles. The first kappa shape index (κ1) is 27.6. The zero-order valence-electron chi connectivity index (χ0n) is 19.1. The summed E-state index contributed by atoms with van der Waals surface area (Å²) in [7, 11) is 1.50. The molecule has 0 fully saturated rings. The van der Waals surface area contributed by atoms with E-state index in [0.29, 0.717) is 29.4 Å². The topological polar surface area (TPSA) is 104 Å². The van der Waals surface area contributed by atoms with Crippen LogP contribution < -0.4 is 66.0 Å². The third kappa shape index (κ3) is 8.59. The predicted octanol–water partition coefficient (Wildman–Crippen LogP) is 0.446. The van der Waals surface area contributed by atoms with Crippen molar-refractivity contribution in [3.05, 3.63) is 95.6 Å². The Balaban J connectivity index is 0.00000408. The van der Waals surface area contributed by atoms with Gasteiger partial charge in [0.15, 0.2) is 0 Å². The number of carboxylic acids is 1. The van der Waals surface area contributed by atoms with Crippen molar-refractivity contribution in [1.29, 1.82) is 5.26 Å². The molecule has 7 nitrogen and oxygen atoms in total. The Morgan fingerprint density at radius 3 is 2.18 bits per heavy atom. The molecule has 1 atom stereocenters. The molecule has 0 saturated carbocycles. The molecule has 3 aromatic rings. The van der Waals surface area contributed by atoms with Gasteiger partial charge < -0.3 is 24.2 Å². The first-order valence-electron chi connectivity index (χ1n) is 10.3. The van der Waals surface area contributed by atoms with Gasteiger partial charge >= 0.3 is 51.4 Å². The Morgan fingerprint density at radius 1 is 0.971 bits per heavy atom. The molecule has 0 aliphatic rings. The number of hydrogen-bond acceptors (Lipinski definition) is 7. The molecule has 34 heavy (non-hydrogen) atoms. The van der Waals surface area contributed by atoms with Crippen molar-refractivity contribution in [1.82, 2.24) is 0 Å². The first-order valence-corrected chi connectivity index (χ1v) is 10.3. The number of carbonyl (C=O) groups is 1. The van der Waals surface area contributed by atoms with Crippen LogP contribution in [-0.2, 0) is 16.2 Å². The molecule has 0 radical (unpaired) electrons. The molecule has 0 spiro atoms. The summed E-state index contributed by atoms with van der Waals surface area (Å²) in [5.74, 6) is -0.685. The zero-order chi connectivity index (χ0) is 23.5. The summed E-state index contributed by atoms with van der Waals surface area (Å²) in [5.41, 5.74) is 3.18. The fourth-order valence-electron chi connectivity index (χ4n) is 3.10. The summed E-state index contributed by atoms with van der Waals surface area (Å²) < 4.78 is 11.6. The molecule has 3 rings (SSSR count). The molecular formula is C26H23KN2O5. The van der Waals surface area contributed by atoms with Crippen LogP contribution in [0.1, 0.15) is 29.0 Å². The van der Waals surface area contributed by atoms with Crippen LogP contribution in [0.3, 0.4) is 0 Å². The second-order valence-corrected chi connectivity index (χ2v) is 7.13. The number of oxime groups is 1. The van der Waals surface area contributed by atoms with Crippen molar-refractivity contribution in [2.24, 2.45) is 5.16 Å². The molecule has 0 aliphatic heterocycles. The van der Waals surface area contributed by atoms with Gasteiger partial charge in [0.1, 0.15) is 37.5 Å². The minimum absolute atomic E-state index is 0. The van der Waals surface area contributed by atoms with Gasteiger partial charge in [0.05, 0.1) is 12.0 Å². The summed E-state index contributed by atoms with van der Waals surface area (Å²) in [6, 6.07) is 26.0. The summed E-state index contributed by atoms with van der Waals surface area (Å²) >= 11 is 0. The van der Waals surface area contributed by atoms with E-state index >= 15 is 0 Å². The number of carboxylic acid groups (broad SMARTS) is 1. The summed E-state index contributed by atoms with van der Waals surface area (Å²) in [6.45, 7) is 0.614. The van der Waals surface area contributed by atoms with Gasteiger partial charge in [0.25, 0.3) is 0 Å². The number of carbonyl (C=O) groups excluding carboxylic acids is 1. The van der Waals surface area contributed by atoms with E-state index in [-0.39, 0.29) is 64.4 Å². The molecule has 8 heteroatoms. The predicted molar refractivity (Wildman–Crippen MR) is 121 cm³/mol. The molecule has 0 N–H and O–H groups in total. The molecule has 0 aromatic heterocycles. The number of aliphatic carboxylic acids is 1. The summed E-state index contributed by atoms with van der Waals surface area (Å²) in [6.07, 6.45) is -0.338. The third-order valence-electron chi connectivity index (χ3n) is 4.82. The summed E-state index contributed by atoms with van der Waals surface area (Å²) in [5, 5.41) is 23.9. The van der Waals surface area contributed by atoms with Crippen LogP contribution in [0.5, 0.6) is 11.5 Å². The molecule has 1 unspecified atom stereocenters. The standard InChI is InChI=1S/C26H24N2O5.K/c1-31-28-25(21-5-3-2-4-6-21)18-33-23-11-7-19(8-12-23)17-32-24-13-9-20(10-14-24)22(16-27)15-26(29)30;/h2-14,22H,15,17-18H2,1H3,(H,29,30);/q;+1/p-1. The normalized spacial score (nSPS) is 11.5. The number of benzene rings is 3. The van der Waals surface area contributed by atoms with E-state index in [0.717, 1.165) is 11.1 Å². The number of ether oxygens (including phenoxy) is 2. The summed E-state index contributed by atoms with van der Waals surface area (Å²) in [4.78, 5) is 15.7. The number of nitrogens with zero attached hydrogens (tertiary/aromatic N) is 2. The van der Waals surface area contributed by atoms with Gasteiger partial charge in [-0.05, 0) is 35.4 Å². The average molecular weight is 483 g/mol. The SMILES string of the molecule is CON=C(COc1ccc(COc2ccc(C(C#N)CC(=O)[O-])cc2)cc1)c1ccccc1.[K+]. The van der Waals surface area contributed by atoms with Gasteiger partial charge in [0, 0.05) is 18.0 Å². The number of rotatable bonds is 11. The van der Waals surface area contributed by atoms with Crippen molar-refractivity contribution < 1.29 is 75.6 Å². The van der Waals surface area contributed by atoms with Crippen molar-refractivity contribution in [3.8, 4) is 17.6 Å². The largest absolute Gasteiger partial charge is 1.00 e. The van der Waals surface area contributed by atoms with Gasteiger partial charge in [-0.25, -0.2) is 0 Å². The monoisotopic (exact) mass is 482 g/mol. The van der Waals surface area contributed by atoms with Crippen LogP contribution >= 0.6 is 0 Å². The van der Waals surface area contributed by atoms with E-state index in [1.807, 2.05) is 60.7 Å². The Kier molecular flexibility index (Phi) is 11.8. The van der Waals surface area contributed by atoms with Crippen molar-refractivity contribution in [2.45, 2.75) is 18.9 Å². The fraction of sp³-hybridized carbons (Fsp3) is 0.192. The molecule has 0 heterocycles. The van der Waals surface area contributed by atoms with Gasteiger partial charge in [0.2, 0.25) is 0 Å². The Hall–Kier alpha value is -2.67. The van der Waals surface area contributed by atoms with Gasteiger partial charge in [-0.2, -0.15) is 5.26 Å². The van der Waals surface area contributed by atoms with Crippen LogP contribution in [-0.4, -0.2) is 25.4 Å². The second-order valence-electron chi connectivity index (χ2n) is 7.13. The average Bonchev–Trinajstić information content (AvgIpc) is 2.85. The first-order chi connectivity index (χ1) is 16.1. The van der Waals surface area contributed by atoms with Crippen LogP contribution in [0.4, 0.5) is 0 Å². The zero-order valence-corrected chi connectivity index (χ0v) is 22.3. The van der Waals surface area contributed by atoms with E-state index in [1.165, 1.54) is 7.11 Å². The van der Waals surface area contributed by atoms with E-state index < -0.39 is 11.9 Å². The van der Waals surface area contributed by atoms with Crippen molar-refractivity contribution in [2.75, 3.05) is 13.7 Å². The van der Waals surface area contributed by atoms with E-state index in [9.17, 15) is 9.90 Å². The maximum atomic E-state index is 10.8. The van der Waals surface area contributed by atoms with E-state index in [2.05, 4.69) is 5.16 Å².